The predicted octanol–water partition coefficient (Wildman–Crippen LogP) is 16.1. The Morgan fingerprint density at radius 1 is 0.565 bits per heavy atom. The summed E-state index contributed by atoms with van der Waals surface area (Å²) in [7, 11) is 0. The van der Waals surface area contributed by atoms with Crippen LogP contribution in [0.25, 0.3) is 0 Å². The van der Waals surface area contributed by atoms with Gasteiger partial charge in [-0.3, -0.25) is 19.6 Å². The molecule has 0 aliphatic heterocycles. The molecule has 3 rings (SSSR count). The molecule has 0 heterocycles. The molecule has 1 fully saturated rings. The first-order valence-corrected chi connectivity index (χ1v) is 26.0. The van der Waals surface area contributed by atoms with Gasteiger partial charge >= 0.3 is 11.9 Å². The number of aromatic hydroxyl groups is 2. The molecule has 401 valence electrons. The maximum atomic E-state index is 11.4. The van der Waals surface area contributed by atoms with Crippen molar-refractivity contribution in [2.45, 2.75) is 256 Å². The van der Waals surface area contributed by atoms with Gasteiger partial charge in [0.2, 0.25) is 0 Å². The van der Waals surface area contributed by atoms with E-state index in [1.807, 2.05) is 19.4 Å². The Hall–Kier alpha value is -3.21. The van der Waals surface area contributed by atoms with Crippen LogP contribution in [0.4, 0.5) is 0 Å². The number of rotatable bonds is 30. The molecule has 0 amide bonds. The van der Waals surface area contributed by atoms with Crippen molar-refractivity contribution in [1.29, 1.82) is 0 Å². The van der Waals surface area contributed by atoms with Gasteiger partial charge in [-0.15, -0.1) is 0 Å². The van der Waals surface area contributed by atoms with Crippen LogP contribution in [0.15, 0.2) is 34.3 Å². The molecule has 2 aromatic rings. The van der Waals surface area contributed by atoms with Gasteiger partial charge < -0.3 is 24.9 Å². The van der Waals surface area contributed by atoms with E-state index in [4.69, 9.17) is 20.2 Å². The van der Waals surface area contributed by atoms with E-state index in [2.05, 4.69) is 86.6 Å². The number of phenolic OH excluding ortho intramolecular Hbond substituents is 2. The summed E-state index contributed by atoms with van der Waals surface area (Å²) < 4.78 is 1.29. The van der Waals surface area contributed by atoms with Crippen molar-refractivity contribution in [3.63, 3.8) is 0 Å². The summed E-state index contributed by atoms with van der Waals surface area (Å²) in [4.78, 5) is 29.2. The average Bonchev–Trinajstić information content (AvgIpc) is 3.28. The second kappa shape index (κ2) is 36.7. The van der Waals surface area contributed by atoms with E-state index in [-0.39, 0.29) is 62.0 Å². The number of nitrogens with zero attached hydrogens (tertiary/aromatic N) is 3. The van der Waals surface area contributed by atoms with Gasteiger partial charge in [0.05, 0.1) is 38.3 Å². The smallest absolute Gasteiger partial charge is 0.314 e. The molecular formula is C59H106CoN3O6+. The first-order chi connectivity index (χ1) is 31.0. The topological polar surface area (TPSA) is 140 Å². The molecule has 0 spiro atoms. The predicted molar refractivity (Wildman–Crippen MR) is 294 cm³/mol. The molecule has 1 saturated carbocycles. The second-order valence-corrected chi connectivity index (χ2v) is 20.2. The minimum atomic E-state index is -1.31. The minimum Gasteiger partial charge on any atom is -0.507 e. The van der Waals surface area contributed by atoms with Crippen molar-refractivity contribution in [2.24, 2.45) is 9.98 Å². The molecule has 0 bridgehead atoms. The van der Waals surface area contributed by atoms with Gasteiger partial charge in [0.25, 0.3) is 0 Å². The third kappa shape index (κ3) is 23.7. The summed E-state index contributed by atoms with van der Waals surface area (Å²) in [5, 5.41) is 38.1. The summed E-state index contributed by atoms with van der Waals surface area (Å²) in [6.07, 6.45) is 28.2. The summed E-state index contributed by atoms with van der Waals surface area (Å²) >= 11 is 0. The van der Waals surface area contributed by atoms with Crippen LogP contribution >= 0.6 is 0 Å². The van der Waals surface area contributed by atoms with Crippen molar-refractivity contribution < 1.29 is 51.3 Å². The van der Waals surface area contributed by atoms with Crippen LogP contribution in [0.5, 0.6) is 11.5 Å². The molecule has 4 N–H and O–H groups in total. The number of aryl methyl sites for hydroxylation is 2. The van der Waals surface area contributed by atoms with Crippen molar-refractivity contribution in [2.75, 3.05) is 26.2 Å². The van der Waals surface area contributed by atoms with Crippen LogP contribution in [0.2, 0.25) is 0 Å². The summed E-state index contributed by atoms with van der Waals surface area (Å²) in [5.74, 6) is -1.94. The van der Waals surface area contributed by atoms with E-state index >= 15 is 0 Å². The molecule has 10 heteroatoms. The van der Waals surface area contributed by atoms with Gasteiger partial charge in [0, 0.05) is 40.3 Å². The molecule has 1 radical (unpaired) electrons. The Balaban J connectivity index is -0.00000366. The maximum Gasteiger partial charge on any atom is 0.314 e. The number of hydrogen-bond acceptors (Lipinski definition) is 6. The fourth-order valence-corrected chi connectivity index (χ4v) is 9.91. The molecule has 3 unspecified atom stereocenters. The molecule has 0 saturated heterocycles. The number of hydrogen-bond donors (Lipinski definition) is 4. The maximum absolute atomic E-state index is 11.4. The first kappa shape index (κ1) is 70.0. The van der Waals surface area contributed by atoms with Gasteiger partial charge in [0.1, 0.15) is 17.9 Å². The molecule has 2 aromatic carbocycles. The van der Waals surface area contributed by atoms with Crippen LogP contribution in [0.1, 0.15) is 252 Å². The summed E-state index contributed by atoms with van der Waals surface area (Å²) in [6.45, 7) is 28.1. The van der Waals surface area contributed by atoms with Gasteiger partial charge in [-0.1, -0.05) is 160 Å². The zero-order valence-electron chi connectivity index (χ0n) is 43.3. The monoisotopic (exact) mass is 1010 g/mol. The molecular weight excluding hydrogens is 906 g/mol. The Labute approximate surface area is 434 Å². The average molecular weight is 1010 g/mol. The van der Waals surface area contributed by atoms with Crippen molar-refractivity contribution >= 4 is 24.4 Å². The van der Waals surface area contributed by atoms with Crippen molar-refractivity contribution in [3.05, 3.63) is 57.6 Å². The number of aliphatic carboxylic acids is 2. The quantitative estimate of drug-likeness (QED) is 0.0349. The standard InChI is InChI=1S/C53H89N3O2.C3H4O4.3CH4.Co/c1-11-17-28-52(9,29-18-12-2)46-36-42(7)50(57)44(38-46)40-54-48-26-23-24-27-49(48)55-41-45-39-47(37-43(8)51(45)58)53(10,30-19-13-3)31-25-35-56(32-20-14-4,33-21-15-5)34-22-16-6;4-2(5)1-3(6)7;;;;/h36-41,48-49H,11-35H2,1-10H3,(H-,54,55,57,58);1H2,(H,4,5)(H,6,7);3*1H4;/p+1. The SMILES string of the molecule is C.C.C.CCCCC(C)(CCCC)c1cc(C)c(O)c(C=NC2CCCCC2N=Cc2cc(C(C)(CCCC)CCC[N+](CCCC)(CCCC)CCCC)cc(C)c2O)c1.O=C(O)CC(=O)O.[Co]. The molecule has 1 aliphatic rings. The number of carbonyl (C=O) groups is 2. The van der Waals surface area contributed by atoms with E-state index in [0.717, 1.165) is 67.2 Å². The van der Waals surface area contributed by atoms with E-state index < -0.39 is 18.4 Å². The Bertz CT molecular complexity index is 1740. The molecule has 3 atom stereocenters. The van der Waals surface area contributed by atoms with E-state index in [1.54, 1.807) is 0 Å². The third-order valence-corrected chi connectivity index (χ3v) is 14.4. The summed E-state index contributed by atoms with van der Waals surface area (Å²) in [5.41, 5.74) is 6.34. The Morgan fingerprint density at radius 3 is 1.16 bits per heavy atom. The summed E-state index contributed by atoms with van der Waals surface area (Å²) in [6, 6.07) is 9.04. The van der Waals surface area contributed by atoms with Crippen LogP contribution in [0.3, 0.4) is 0 Å². The zero-order valence-corrected chi connectivity index (χ0v) is 44.3. The second-order valence-electron chi connectivity index (χ2n) is 20.2. The van der Waals surface area contributed by atoms with E-state index in [0.29, 0.717) is 11.5 Å². The van der Waals surface area contributed by atoms with Crippen LogP contribution in [-0.2, 0) is 37.2 Å². The zero-order chi connectivity index (χ0) is 48.5. The molecule has 0 aromatic heterocycles. The number of carboxylic acid groups (broad SMARTS) is 2. The number of carboxylic acids is 2. The van der Waals surface area contributed by atoms with Crippen molar-refractivity contribution in [1.82, 2.24) is 0 Å². The third-order valence-electron chi connectivity index (χ3n) is 14.4. The normalized spacial score (nSPS) is 15.7. The van der Waals surface area contributed by atoms with Gasteiger partial charge in [-0.05, 0) is 123 Å². The van der Waals surface area contributed by atoms with E-state index in [9.17, 15) is 19.8 Å². The van der Waals surface area contributed by atoms with Crippen LogP contribution < -0.4 is 0 Å². The number of quaternary nitrogens is 1. The minimum absolute atomic E-state index is 0. The number of unbranched alkanes of at least 4 members (excludes halogenated alkanes) is 6. The molecule has 9 nitrogen and oxygen atoms in total. The number of benzene rings is 2. The van der Waals surface area contributed by atoms with Crippen molar-refractivity contribution in [3.8, 4) is 11.5 Å². The largest absolute Gasteiger partial charge is 0.507 e. The fraction of sp³-hybridized carbons (Fsp3) is 0.729. The molecule has 69 heavy (non-hydrogen) atoms. The Morgan fingerprint density at radius 2 is 0.870 bits per heavy atom. The van der Waals surface area contributed by atoms with Crippen LogP contribution in [-0.4, -0.2) is 87.5 Å². The fourth-order valence-electron chi connectivity index (χ4n) is 9.91. The first-order valence-electron chi connectivity index (χ1n) is 26.0. The molecule has 1 aliphatic carbocycles. The van der Waals surface area contributed by atoms with E-state index in [1.165, 1.54) is 132 Å². The number of aliphatic imine (C=N–C) groups is 2. The van der Waals surface area contributed by atoms with Gasteiger partial charge in [-0.25, -0.2) is 0 Å². The van der Waals surface area contributed by atoms with Gasteiger partial charge in [-0.2, -0.15) is 0 Å². The number of phenols is 2. The van der Waals surface area contributed by atoms with Crippen LogP contribution in [0, 0.1) is 13.8 Å². The Kier molecular flexibility index (Phi) is 37.2. The van der Waals surface area contributed by atoms with Gasteiger partial charge in [0.15, 0.2) is 0 Å².